The molecule has 1 unspecified atom stereocenters. The van der Waals surface area contributed by atoms with E-state index in [0.29, 0.717) is 11.9 Å². The van der Waals surface area contributed by atoms with Gasteiger partial charge in [-0.1, -0.05) is 6.92 Å². The second-order valence-electron chi connectivity index (χ2n) is 5.52. The molecule has 0 aromatic carbocycles. The van der Waals surface area contributed by atoms with Crippen molar-refractivity contribution in [2.75, 3.05) is 19.6 Å². The molecule has 0 aromatic rings. The topological polar surface area (TPSA) is 40.6 Å². The van der Waals surface area contributed by atoms with Crippen LogP contribution in [0.25, 0.3) is 0 Å². The second-order valence-corrected chi connectivity index (χ2v) is 5.52. The third-order valence-electron chi connectivity index (χ3n) is 4.42. The fourth-order valence-electron chi connectivity index (χ4n) is 3.23. The average Bonchev–Trinajstić information content (AvgIpc) is 2.86. The first-order valence-electron chi connectivity index (χ1n) is 7.19. The molecule has 1 atom stereocenters. The van der Waals surface area contributed by atoms with E-state index in [9.17, 15) is 9.59 Å². The summed E-state index contributed by atoms with van der Waals surface area (Å²) < 4.78 is 0. The van der Waals surface area contributed by atoms with Gasteiger partial charge in [0.15, 0.2) is 0 Å². The number of rotatable bonds is 2. The molecule has 0 radical (unpaired) electrons. The molecule has 2 saturated heterocycles. The van der Waals surface area contributed by atoms with Crippen molar-refractivity contribution < 1.29 is 9.59 Å². The fourth-order valence-corrected chi connectivity index (χ4v) is 3.23. The summed E-state index contributed by atoms with van der Waals surface area (Å²) >= 11 is 0. The number of nitrogens with zero attached hydrogens (tertiary/aromatic N) is 2. The van der Waals surface area contributed by atoms with E-state index >= 15 is 0 Å². The van der Waals surface area contributed by atoms with Crippen molar-refractivity contribution in [1.82, 2.24) is 9.80 Å². The minimum Gasteiger partial charge on any atom is -0.343 e. The van der Waals surface area contributed by atoms with Crippen LogP contribution in [0.2, 0.25) is 0 Å². The summed E-state index contributed by atoms with van der Waals surface area (Å²) in [5, 5.41) is 0. The van der Waals surface area contributed by atoms with Crippen LogP contribution in [0.15, 0.2) is 0 Å². The molecule has 4 nitrogen and oxygen atoms in total. The number of hydrogen-bond acceptors (Lipinski definition) is 2. The smallest absolute Gasteiger partial charge is 0.226 e. The summed E-state index contributed by atoms with van der Waals surface area (Å²) in [4.78, 5) is 27.7. The Morgan fingerprint density at radius 2 is 1.78 bits per heavy atom. The van der Waals surface area contributed by atoms with E-state index in [0.717, 1.165) is 51.7 Å². The highest BCUT2D eigenvalue weighted by Gasteiger charge is 2.34. The summed E-state index contributed by atoms with van der Waals surface area (Å²) in [6, 6.07) is 0.461. The maximum absolute atomic E-state index is 12.5. The molecule has 18 heavy (non-hydrogen) atoms. The first-order chi connectivity index (χ1) is 8.63. The van der Waals surface area contributed by atoms with Crippen molar-refractivity contribution in [3.8, 4) is 0 Å². The maximum atomic E-state index is 12.5. The van der Waals surface area contributed by atoms with Gasteiger partial charge in [0.05, 0.1) is 0 Å². The second kappa shape index (κ2) is 5.72. The Balaban J connectivity index is 1.89. The van der Waals surface area contributed by atoms with Gasteiger partial charge in [-0.15, -0.1) is 0 Å². The van der Waals surface area contributed by atoms with Crippen molar-refractivity contribution in [3.63, 3.8) is 0 Å². The number of carbonyl (C=O) groups is 2. The standard InChI is InChI=1S/C14H24N2O2/c1-3-13-5-4-8-16(13)14(18)12-6-9-15(10-7-12)11(2)17/h12-13H,3-10H2,1-2H3. The largest absolute Gasteiger partial charge is 0.343 e. The molecule has 2 amide bonds. The fraction of sp³-hybridized carbons (Fsp3) is 0.857. The molecule has 0 aromatic heterocycles. The Morgan fingerprint density at radius 1 is 1.11 bits per heavy atom. The lowest BCUT2D eigenvalue weighted by molar-refractivity contribution is -0.140. The van der Waals surface area contributed by atoms with Gasteiger partial charge >= 0.3 is 0 Å². The summed E-state index contributed by atoms with van der Waals surface area (Å²) in [7, 11) is 0. The van der Waals surface area contributed by atoms with Gasteiger partial charge in [-0.05, 0) is 32.1 Å². The molecule has 2 heterocycles. The van der Waals surface area contributed by atoms with Gasteiger partial charge in [-0.3, -0.25) is 9.59 Å². The third-order valence-corrected chi connectivity index (χ3v) is 4.42. The minimum atomic E-state index is 0.133. The predicted octanol–water partition coefficient (Wildman–Crippen LogP) is 1.65. The normalized spacial score (nSPS) is 25.6. The molecule has 0 bridgehead atoms. The van der Waals surface area contributed by atoms with Crippen LogP contribution in [0.1, 0.15) is 46.0 Å². The van der Waals surface area contributed by atoms with Crippen LogP contribution in [-0.2, 0) is 9.59 Å². The van der Waals surface area contributed by atoms with Gasteiger partial charge in [-0.25, -0.2) is 0 Å². The molecule has 102 valence electrons. The van der Waals surface area contributed by atoms with Gasteiger partial charge in [0.25, 0.3) is 0 Å². The number of likely N-dealkylation sites (tertiary alicyclic amines) is 2. The van der Waals surface area contributed by atoms with E-state index in [1.165, 1.54) is 0 Å². The third kappa shape index (κ3) is 2.68. The van der Waals surface area contributed by atoms with Crippen LogP contribution in [-0.4, -0.2) is 47.3 Å². The van der Waals surface area contributed by atoms with Crippen molar-refractivity contribution in [3.05, 3.63) is 0 Å². The number of carbonyl (C=O) groups excluding carboxylic acids is 2. The SMILES string of the molecule is CCC1CCCN1C(=O)C1CCN(C(C)=O)CC1. The lowest BCUT2D eigenvalue weighted by atomic mass is 9.94. The van der Waals surface area contributed by atoms with Crippen LogP contribution in [0.4, 0.5) is 0 Å². The maximum Gasteiger partial charge on any atom is 0.226 e. The molecular weight excluding hydrogens is 228 g/mol. The Bertz CT molecular complexity index is 322. The molecule has 4 heteroatoms. The van der Waals surface area contributed by atoms with E-state index in [2.05, 4.69) is 11.8 Å². The molecule has 0 N–H and O–H groups in total. The highest BCUT2D eigenvalue weighted by atomic mass is 16.2. The molecule has 2 aliphatic rings. The minimum absolute atomic E-state index is 0.133. The van der Waals surface area contributed by atoms with Gasteiger partial charge in [0, 0.05) is 38.5 Å². The molecule has 0 aliphatic carbocycles. The molecule has 0 spiro atoms. The summed E-state index contributed by atoms with van der Waals surface area (Å²) in [6.07, 6.45) is 5.06. The van der Waals surface area contributed by atoms with E-state index < -0.39 is 0 Å². The highest BCUT2D eigenvalue weighted by Crippen LogP contribution is 2.26. The molecular formula is C14H24N2O2. The summed E-state index contributed by atoms with van der Waals surface area (Å²) in [5.41, 5.74) is 0. The Labute approximate surface area is 109 Å². The predicted molar refractivity (Wildman–Crippen MR) is 70.0 cm³/mol. The van der Waals surface area contributed by atoms with Gasteiger partial charge < -0.3 is 9.80 Å². The zero-order valence-electron chi connectivity index (χ0n) is 11.5. The summed E-state index contributed by atoms with van der Waals surface area (Å²) in [6.45, 7) is 6.20. The van der Waals surface area contributed by atoms with Gasteiger partial charge in [-0.2, -0.15) is 0 Å². The number of piperidine rings is 1. The Kier molecular flexibility index (Phi) is 4.25. The van der Waals surface area contributed by atoms with E-state index in [-0.39, 0.29) is 11.8 Å². The van der Waals surface area contributed by atoms with Crippen LogP contribution >= 0.6 is 0 Å². The molecule has 0 saturated carbocycles. The molecule has 2 fully saturated rings. The highest BCUT2D eigenvalue weighted by molar-refractivity contribution is 5.80. The monoisotopic (exact) mass is 252 g/mol. The Morgan fingerprint density at radius 3 is 2.33 bits per heavy atom. The number of amides is 2. The Hall–Kier alpha value is -1.06. The van der Waals surface area contributed by atoms with Gasteiger partial charge in [0.1, 0.15) is 0 Å². The van der Waals surface area contributed by atoms with Crippen molar-refractivity contribution in [1.29, 1.82) is 0 Å². The summed E-state index contributed by atoms with van der Waals surface area (Å²) in [5.74, 6) is 0.615. The molecule has 2 rings (SSSR count). The van der Waals surface area contributed by atoms with Crippen LogP contribution in [0.3, 0.4) is 0 Å². The first kappa shape index (κ1) is 13.4. The average molecular weight is 252 g/mol. The van der Waals surface area contributed by atoms with E-state index in [1.54, 1.807) is 6.92 Å². The van der Waals surface area contributed by atoms with Crippen LogP contribution < -0.4 is 0 Å². The van der Waals surface area contributed by atoms with Crippen molar-refractivity contribution >= 4 is 11.8 Å². The van der Waals surface area contributed by atoms with Crippen molar-refractivity contribution in [2.45, 2.75) is 52.0 Å². The zero-order valence-corrected chi connectivity index (χ0v) is 11.5. The molecule has 2 aliphatic heterocycles. The van der Waals surface area contributed by atoms with Crippen molar-refractivity contribution in [2.24, 2.45) is 5.92 Å². The quantitative estimate of drug-likeness (QED) is 0.749. The van der Waals surface area contributed by atoms with E-state index in [1.807, 2.05) is 4.90 Å². The first-order valence-corrected chi connectivity index (χ1v) is 7.19. The lowest BCUT2D eigenvalue weighted by Crippen LogP contribution is -2.45. The van der Waals surface area contributed by atoms with Crippen LogP contribution in [0, 0.1) is 5.92 Å². The lowest BCUT2D eigenvalue weighted by Gasteiger charge is -2.34. The number of hydrogen-bond donors (Lipinski definition) is 0. The van der Waals surface area contributed by atoms with E-state index in [4.69, 9.17) is 0 Å². The zero-order chi connectivity index (χ0) is 13.1. The van der Waals surface area contributed by atoms with Crippen LogP contribution in [0.5, 0.6) is 0 Å². The van der Waals surface area contributed by atoms with Gasteiger partial charge in [0.2, 0.25) is 11.8 Å².